The van der Waals surface area contributed by atoms with E-state index in [4.69, 9.17) is 0 Å². The summed E-state index contributed by atoms with van der Waals surface area (Å²) in [7, 11) is 1.07. The molecule has 0 bridgehead atoms. The Bertz CT molecular complexity index is 287. The average molecular weight is 185 g/mol. The van der Waals surface area contributed by atoms with Gasteiger partial charge in [-0.25, -0.2) is 0 Å². The molecule has 0 atom stereocenters. The molecular weight excluding hydrogens is 176 g/mol. The number of rotatable bonds is 2. The van der Waals surface area contributed by atoms with Crippen LogP contribution in [0.3, 0.4) is 0 Å². The standard InChI is InChI=1S/C9H9F2NO/c1-12(9(10)11)8(13)7-5-3-2-4-6-7/h2-6,9H,1H3. The van der Waals surface area contributed by atoms with Gasteiger partial charge in [0.2, 0.25) is 0 Å². The lowest BCUT2D eigenvalue weighted by molar-refractivity contribution is -0.00123. The lowest BCUT2D eigenvalue weighted by atomic mass is 10.2. The third kappa shape index (κ3) is 2.24. The maximum atomic E-state index is 12.1. The second-order valence-corrected chi connectivity index (χ2v) is 2.56. The first-order chi connectivity index (χ1) is 6.13. The molecule has 0 N–H and O–H groups in total. The van der Waals surface area contributed by atoms with E-state index in [1.54, 1.807) is 18.2 Å². The van der Waals surface area contributed by atoms with Gasteiger partial charge >= 0.3 is 6.55 Å². The fourth-order valence-electron chi connectivity index (χ4n) is 0.873. The molecule has 1 amide bonds. The largest absolute Gasteiger partial charge is 0.317 e. The molecule has 1 aromatic carbocycles. The first-order valence-corrected chi connectivity index (χ1v) is 3.73. The van der Waals surface area contributed by atoms with Gasteiger partial charge in [-0.15, -0.1) is 0 Å². The van der Waals surface area contributed by atoms with Crippen molar-refractivity contribution in [2.45, 2.75) is 6.55 Å². The molecule has 4 heteroatoms. The van der Waals surface area contributed by atoms with Crippen molar-refractivity contribution in [1.29, 1.82) is 0 Å². The van der Waals surface area contributed by atoms with Crippen molar-refractivity contribution in [3.8, 4) is 0 Å². The van der Waals surface area contributed by atoms with E-state index in [2.05, 4.69) is 0 Å². The summed E-state index contributed by atoms with van der Waals surface area (Å²) in [6, 6.07) is 7.99. The van der Waals surface area contributed by atoms with E-state index >= 15 is 0 Å². The van der Waals surface area contributed by atoms with Crippen LogP contribution >= 0.6 is 0 Å². The Hall–Kier alpha value is -1.45. The molecule has 0 aliphatic rings. The van der Waals surface area contributed by atoms with E-state index in [0.717, 1.165) is 7.05 Å². The number of hydrogen-bond donors (Lipinski definition) is 0. The van der Waals surface area contributed by atoms with Gasteiger partial charge in [-0.05, 0) is 12.1 Å². The number of nitrogens with zero attached hydrogens (tertiary/aromatic N) is 1. The minimum absolute atomic E-state index is 0.269. The molecule has 0 aliphatic carbocycles. The molecule has 0 saturated heterocycles. The van der Waals surface area contributed by atoms with Crippen molar-refractivity contribution in [2.75, 3.05) is 7.05 Å². The third-order valence-corrected chi connectivity index (χ3v) is 1.63. The van der Waals surface area contributed by atoms with Gasteiger partial charge in [0.1, 0.15) is 0 Å². The Morgan fingerprint density at radius 1 is 1.31 bits per heavy atom. The Morgan fingerprint density at radius 2 is 1.85 bits per heavy atom. The lowest BCUT2D eigenvalue weighted by Gasteiger charge is -2.15. The van der Waals surface area contributed by atoms with Gasteiger partial charge in [-0.2, -0.15) is 8.78 Å². The molecule has 0 fully saturated rings. The highest BCUT2D eigenvalue weighted by Crippen LogP contribution is 2.07. The van der Waals surface area contributed by atoms with E-state index in [-0.39, 0.29) is 5.56 Å². The highest BCUT2D eigenvalue weighted by molar-refractivity contribution is 5.93. The molecule has 0 heterocycles. The Kier molecular flexibility index (Phi) is 2.95. The van der Waals surface area contributed by atoms with E-state index in [0.29, 0.717) is 4.90 Å². The molecule has 0 radical (unpaired) electrons. The zero-order valence-electron chi connectivity index (χ0n) is 7.08. The third-order valence-electron chi connectivity index (χ3n) is 1.63. The maximum absolute atomic E-state index is 12.1. The van der Waals surface area contributed by atoms with Crippen LogP contribution in [-0.4, -0.2) is 24.4 Å². The molecule has 13 heavy (non-hydrogen) atoms. The first-order valence-electron chi connectivity index (χ1n) is 3.73. The molecule has 0 saturated carbocycles. The van der Waals surface area contributed by atoms with E-state index in [1.807, 2.05) is 0 Å². The summed E-state index contributed by atoms with van der Waals surface area (Å²) in [4.78, 5) is 11.6. The number of carbonyl (C=O) groups is 1. The molecule has 2 nitrogen and oxygen atoms in total. The van der Waals surface area contributed by atoms with E-state index < -0.39 is 12.5 Å². The molecule has 1 aromatic rings. The zero-order chi connectivity index (χ0) is 9.84. The van der Waals surface area contributed by atoms with Crippen LogP contribution in [0.5, 0.6) is 0 Å². The maximum Gasteiger partial charge on any atom is 0.317 e. The predicted molar refractivity (Wildman–Crippen MR) is 44.5 cm³/mol. The van der Waals surface area contributed by atoms with Gasteiger partial charge in [-0.1, -0.05) is 18.2 Å². The van der Waals surface area contributed by atoms with Crippen LogP contribution in [0.2, 0.25) is 0 Å². The predicted octanol–water partition coefficient (Wildman–Crippen LogP) is 1.98. The fourth-order valence-corrected chi connectivity index (χ4v) is 0.873. The summed E-state index contributed by atoms with van der Waals surface area (Å²) in [5.74, 6) is -0.671. The van der Waals surface area contributed by atoms with Crippen LogP contribution in [0.4, 0.5) is 8.78 Å². The highest BCUT2D eigenvalue weighted by atomic mass is 19.3. The molecular formula is C9H9F2NO. The number of hydrogen-bond acceptors (Lipinski definition) is 1. The molecule has 0 aromatic heterocycles. The van der Waals surface area contributed by atoms with Gasteiger partial charge in [0.05, 0.1) is 0 Å². The van der Waals surface area contributed by atoms with Crippen LogP contribution in [-0.2, 0) is 0 Å². The van der Waals surface area contributed by atoms with Crippen LogP contribution in [0, 0.1) is 0 Å². The molecule has 70 valence electrons. The van der Waals surface area contributed by atoms with Crippen molar-refractivity contribution in [2.24, 2.45) is 0 Å². The topological polar surface area (TPSA) is 20.3 Å². The van der Waals surface area contributed by atoms with E-state index in [9.17, 15) is 13.6 Å². The number of benzene rings is 1. The van der Waals surface area contributed by atoms with Crippen LogP contribution in [0.1, 0.15) is 10.4 Å². The number of carbonyl (C=O) groups excluding carboxylic acids is 1. The summed E-state index contributed by atoms with van der Waals surface area (Å²) in [5.41, 5.74) is 0.269. The van der Waals surface area contributed by atoms with Crippen molar-refractivity contribution < 1.29 is 13.6 Å². The minimum atomic E-state index is -2.76. The van der Waals surface area contributed by atoms with Crippen LogP contribution in [0.25, 0.3) is 0 Å². The quantitative estimate of drug-likeness (QED) is 0.645. The van der Waals surface area contributed by atoms with Gasteiger partial charge in [0.25, 0.3) is 5.91 Å². The van der Waals surface area contributed by atoms with Gasteiger partial charge < -0.3 is 0 Å². The van der Waals surface area contributed by atoms with E-state index in [1.165, 1.54) is 12.1 Å². The highest BCUT2D eigenvalue weighted by Gasteiger charge is 2.18. The van der Waals surface area contributed by atoms with Gasteiger partial charge in [-0.3, -0.25) is 9.69 Å². The average Bonchev–Trinajstić information content (AvgIpc) is 2.17. The molecule has 0 aliphatic heterocycles. The summed E-state index contributed by atoms with van der Waals surface area (Å²) in [6.45, 7) is -2.76. The van der Waals surface area contributed by atoms with Crippen molar-refractivity contribution in [3.63, 3.8) is 0 Å². The monoisotopic (exact) mass is 185 g/mol. The fraction of sp³-hybridized carbons (Fsp3) is 0.222. The van der Waals surface area contributed by atoms with Crippen LogP contribution < -0.4 is 0 Å². The summed E-state index contributed by atoms with van der Waals surface area (Å²) in [5, 5.41) is 0. The summed E-state index contributed by atoms with van der Waals surface area (Å²) < 4.78 is 24.1. The minimum Gasteiger partial charge on any atom is -0.285 e. The second-order valence-electron chi connectivity index (χ2n) is 2.56. The normalized spacial score (nSPS) is 10.2. The number of amides is 1. The van der Waals surface area contributed by atoms with Crippen molar-refractivity contribution >= 4 is 5.91 Å². The van der Waals surface area contributed by atoms with Crippen LogP contribution in [0.15, 0.2) is 30.3 Å². The number of halogens is 2. The molecule has 1 rings (SSSR count). The Morgan fingerprint density at radius 3 is 2.31 bits per heavy atom. The SMILES string of the molecule is CN(C(=O)c1ccccc1)C(F)F. The van der Waals surface area contributed by atoms with Crippen molar-refractivity contribution in [1.82, 2.24) is 4.90 Å². The van der Waals surface area contributed by atoms with Gasteiger partial charge in [0, 0.05) is 12.6 Å². The Labute approximate surface area is 74.8 Å². The molecule has 0 spiro atoms. The first kappa shape index (κ1) is 9.64. The summed E-state index contributed by atoms with van der Waals surface area (Å²) in [6.07, 6.45) is 0. The Balaban J connectivity index is 2.80. The molecule has 0 unspecified atom stereocenters. The second kappa shape index (κ2) is 3.98. The lowest BCUT2D eigenvalue weighted by Crippen LogP contribution is -2.31. The number of alkyl halides is 2. The smallest absolute Gasteiger partial charge is 0.285 e. The van der Waals surface area contributed by atoms with Gasteiger partial charge in [0.15, 0.2) is 0 Å². The zero-order valence-corrected chi connectivity index (χ0v) is 7.08. The summed E-state index contributed by atoms with van der Waals surface area (Å²) >= 11 is 0. The van der Waals surface area contributed by atoms with Crippen molar-refractivity contribution in [3.05, 3.63) is 35.9 Å².